The van der Waals surface area contributed by atoms with Gasteiger partial charge in [-0.2, -0.15) is 0 Å². The zero-order valence-corrected chi connectivity index (χ0v) is 10.00. The van der Waals surface area contributed by atoms with Crippen molar-refractivity contribution in [3.63, 3.8) is 0 Å². The van der Waals surface area contributed by atoms with Crippen molar-refractivity contribution < 1.29 is 9.63 Å². The summed E-state index contributed by atoms with van der Waals surface area (Å²) in [5, 5.41) is 1.23. The third-order valence-corrected chi connectivity index (χ3v) is 2.21. The number of hydroxylamine groups is 2. The Morgan fingerprint density at radius 1 is 1.21 bits per heavy atom. The van der Waals surface area contributed by atoms with Crippen molar-refractivity contribution in [2.24, 2.45) is 11.8 Å². The normalized spacial score (nSPS) is 10.6. The Morgan fingerprint density at radius 3 is 1.93 bits per heavy atom. The second kappa shape index (κ2) is 5.81. The van der Waals surface area contributed by atoms with E-state index in [1.54, 1.807) is 13.1 Å². The minimum Gasteiger partial charge on any atom is -0.274 e. The van der Waals surface area contributed by atoms with Crippen LogP contribution in [0.2, 0.25) is 0 Å². The third kappa shape index (κ3) is 3.92. The third-order valence-electron chi connectivity index (χ3n) is 2.21. The van der Waals surface area contributed by atoms with Crippen LogP contribution in [0.3, 0.4) is 0 Å². The molecule has 0 unspecified atom stereocenters. The maximum Gasteiger partial charge on any atom is 0.269 e. The van der Waals surface area contributed by atoms with Gasteiger partial charge in [0.2, 0.25) is 0 Å². The highest BCUT2D eigenvalue weighted by Crippen LogP contribution is 2.19. The highest BCUT2D eigenvalue weighted by molar-refractivity contribution is 5.87. The van der Waals surface area contributed by atoms with E-state index in [1.165, 1.54) is 12.2 Å². The number of rotatable bonds is 4. The Hall–Kier alpha value is -0.830. The summed E-state index contributed by atoms with van der Waals surface area (Å²) in [6.45, 7) is 8.36. The quantitative estimate of drug-likeness (QED) is 0.513. The summed E-state index contributed by atoms with van der Waals surface area (Å²) in [5.74, 6) is 0.679. The molecule has 0 spiro atoms. The van der Waals surface area contributed by atoms with Crippen LogP contribution in [-0.4, -0.2) is 25.1 Å². The van der Waals surface area contributed by atoms with E-state index in [4.69, 9.17) is 4.84 Å². The van der Waals surface area contributed by atoms with Gasteiger partial charge >= 0.3 is 0 Å². The van der Waals surface area contributed by atoms with Gasteiger partial charge in [0.25, 0.3) is 5.91 Å². The zero-order chi connectivity index (χ0) is 11.3. The van der Waals surface area contributed by atoms with Crippen molar-refractivity contribution in [2.45, 2.75) is 27.7 Å². The summed E-state index contributed by atoms with van der Waals surface area (Å²) in [5.41, 5.74) is 1.15. The van der Waals surface area contributed by atoms with E-state index < -0.39 is 0 Å². The molecule has 0 bridgehead atoms. The van der Waals surface area contributed by atoms with Crippen LogP contribution in [-0.2, 0) is 9.63 Å². The first kappa shape index (κ1) is 13.2. The number of hydrogen-bond acceptors (Lipinski definition) is 2. The Balaban J connectivity index is 4.66. The molecule has 0 aromatic rings. The van der Waals surface area contributed by atoms with Gasteiger partial charge in [-0.1, -0.05) is 33.3 Å². The van der Waals surface area contributed by atoms with Crippen molar-refractivity contribution in [3.05, 3.63) is 11.6 Å². The monoisotopic (exact) mass is 199 g/mol. The molecule has 0 N–H and O–H groups in total. The van der Waals surface area contributed by atoms with Crippen LogP contribution in [0.5, 0.6) is 0 Å². The number of allylic oxidation sites excluding steroid dienone is 1. The van der Waals surface area contributed by atoms with Crippen LogP contribution in [0, 0.1) is 11.8 Å². The van der Waals surface area contributed by atoms with Crippen molar-refractivity contribution in [1.29, 1.82) is 0 Å². The standard InChI is InChI=1S/C11H21NO2/c1-8(2)10(9(3)4)7-11(13)12(5)14-6/h7-9H,1-6H3. The van der Waals surface area contributed by atoms with E-state index in [2.05, 4.69) is 27.7 Å². The van der Waals surface area contributed by atoms with Gasteiger partial charge < -0.3 is 0 Å². The lowest BCUT2D eigenvalue weighted by Crippen LogP contribution is -2.24. The van der Waals surface area contributed by atoms with Crippen molar-refractivity contribution in [1.82, 2.24) is 5.06 Å². The Bertz CT molecular complexity index is 209. The first-order valence-electron chi connectivity index (χ1n) is 4.93. The van der Waals surface area contributed by atoms with Crippen LogP contribution in [0.25, 0.3) is 0 Å². The van der Waals surface area contributed by atoms with E-state index in [1.807, 2.05) is 0 Å². The lowest BCUT2D eigenvalue weighted by atomic mass is 9.92. The molecule has 0 aromatic carbocycles. The largest absolute Gasteiger partial charge is 0.274 e. The van der Waals surface area contributed by atoms with Gasteiger partial charge in [-0.05, 0) is 11.8 Å². The minimum absolute atomic E-state index is 0.107. The molecular formula is C11H21NO2. The van der Waals surface area contributed by atoms with Gasteiger partial charge in [0.15, 0.2) is 0 Å². The molecule has 0 aliphatic rings. The number of carbonyl (C=O) groups is 1. The van der Waals surface area contributed by atoms with Gasteiger partial charge in [0.1, 0.15) is 0 Å². The minimum atomic E-state index is -0.107. The van der Waals surface area contributed by atoms with Gasteiger partial charge in [0.05, 0.1) is 7.11 Å². The molecule has 0 atom stereocenters. The second-order valence-corrected chi connectivity index (χ2v) is 3.97. The first-order valence-corrected chi connectivity index (χ1v) is 4.93. The number of nitrogens with zero attached hydrogens (tertiary/aromatic N) is 1. The summed E-state index contributed by atoms with van der Waals surface area (Å²) < 4.78 is 0. The summed E-state index contributed by atoms with van der Waals surface area (Å²) in [4.78, 5) is 16.3. The van der Waals surface area contributed by atoms with Crippen LogP contribution in [0.15, 0.2) is 11.6 Å². The Kier molecular flexibility index (Phi) is 5.46. The van der Waals surface area contributed by atoms with Crippen molar-refractivity contribution in [3.8, 4) is 0 Å². The summed E-state index contributed by atoms with van der Waals surface area (Å²) >= 11 is 0. The molecule has 0 aliphatic heterocycles. The summed E-state index contributed by atoms with van der Waals surface area (Å²) in [6, 6.07) is 0. The van der Waals surface area contributed by atoms with E-state index in [9.17, 15) is 4.79 Å². The first-order chi connectivity index (χ1) is 6.40. The maximum atomic E-state index is 11.5. The molecule has 82 valence electrons. The molecule has 3 nitrogen and oxygen atoms in total. The average molecular weight is 199 g/mol. The SMILES string of the molecule is CON(C)C(=O)C=C(C(C)C)C(C)C. The second-order valence-electron chi connectivity index (χ2n) is 3.97. The molecule has 0 radical (unpaired) electrons. The van der Waals surface area contributed by atoms with Crippen molar-refractivity contribution in [2.75, 3.05) is 14.2 Å². The predicted octanol–water partition coefficient (Wildman–Crippen LogP) is 2.24. The number of likely N-dealkylation sites (N-methyl/N-ethyl adjacent to an activating group) is 1. The number of carbonyl (C=O) groups excluding carboxylic acids is 1. The Morgan fingerprint density at radius 2 is 1.64 bits per heavy atom. The van der Waals surface area contributed by atoms with Crippen LogP contribution in [0.1, 0.15) is 27.7 Å². The molecular weight excluding hydrogens is 178 g/mol. The predicted molar refractivity (Wildman–Crippen MR) is 57.5 cm³/mol. The zero-order valence-electron chi connectivity index (χ0n) is 10.00. The van der Waals surface area contributed by atoms with E-state index in [0.29, 0.717) is 11.8 Å². The molecule has 3 heteroatoms. The van der Waals surface area contributed by atoms with Gasteiger partial charge in [-0.3, -0.25) is 9.63 Å². The van der Waals surface area contributed by atoms with Gasteiger partial charge in [-0.15, -0.1) is 0 Å². The average Bonchev–Trinajstić information content (AvgIpc) is 2.11. The molecule has 0 saturated carbocycles. The Labute approximate surface area is 86.7 Å². The maximum absolute atomic E-state index is 11.5. The highest BCUT2D eigenvalue weighted by atomic mass is 16.7. The fourth-order valence-corrected chi connectivity index (χ4v) is 1.32. The molecule has 0 rings (SSSR count). The molecule has 0 fully saturated rings. The summed E-state index contributed by atoms with van der Waals surface area (Å²) in [6.07, 6.45) is 1.67. The lowest BCUT2D eigenvalue weighted by Gasteiger charge is -2.17. The molecule has 0 saturated heterocycles. The fraction of sp³-hybridized carbons (Fsp3) is 0.727. The molecule has 0 aliphatic carbocycles. The van der Waals surface area contributed by atoms with E-state index in [0.717, 1.165) is 5.57 Å². The molecule has 1 amide bonds. The van der Waals surface area contributed by atoms with Gasteiger partial charge in [0, 0.05) is 13.1 Å². The molecule has 14 heavy (non-hydrogen) atoms. The van der Waals surface area contributed by atoms with Crippen LogP contribution >= 0.6 is 0 Å². The topological polar surface area (TPSA) is 29.5 Å². The fourth-order valence-electron chi connectivity index (χ4n) is 1.32. The molecule has 0 aromatic heterocycles. The lowest BCUT2D eigenvalue weighted by molar-refractivity contribution is -0.162. The smallest absolute Gasteiger partial charge is 0.269 e. The number of amides is 1. The highest BCUT2D eigenvalue weighted by Gasteiger charge is 2.12. The van der Waals surface area contributed by atoms with Gasteiger partial charge in [-0.25, -0.2) is 5.06 Å². The number of hydrogen-bond donors (Lipinski definition) is 0. The summed E-state index contributed by atoms with van der Waals surface area (Å²) in [7, 11) is 3.09. The van der Waals surface area contributed by atoms with E-state index >= 15 is 0 Å². The van der Waals surface area contributed by atoms with Crippen molar-refractivity contribution >= 4 is 5.91 Å². The van der Waals surface area contributed by atoms with Crippen LogP contribution < -0.4 is 0 Å². The van der Waals surface area contributed by atoms with Crippen LogP contribution in [0.4, 0.5) is 0 Å². The molecule has 0 heterocycles. The van der Waals surface area contributed by atoms with E-state index in [-0.39, 0.29) is 5.91 Å².